The fraction of sp³-hybridized carbons (Fsp3) is 0.143. The first-order valence-electron chi connectivity index (χ1n) is 7.81. The van der Waals surface area contributed by atoms with E-state index in [2.05, 4.69) is 78.6 Å². The molecule has 0 saturated heterocycles. The molecule has 1 nitrogen and oxygen atoms in total. The van der Waals surface area contributed by atoms with Crippen molar-refractivity contribution in [3.05, 3.63) is 101 Å². The Labute approximate surface area is 143 Å². The number of anilines is 1. The maximum absolute atomic E-state index is 6.27. The summed E-state index contributed by atoms with van der Waals surface area (Å²) in [6.45, 7) is 3.80. The molecule has 0 saturated carbocycles. The van der Waals surface area contributed by atoms with Crippen LogP contribution < -0.4 is 4.90 Å². The summed E-state index contributed by atoms with van der Waals surface area (Å²) >= 11 is 6.27. The van der Waals surface area contributed by atoms with Crippen LogP contribution in [0, 0.1) is 6.92 Å². The molecule has 0 radical (unpaired) electrons. The number of aryl methyl sites for hydroxylation is 1. The summed E-state index contributed by atoms with van der Waals surface area (Å²) in [6.07, 6.45) is 0. The Hall–Kier alpha value is -2.25. The first-order valence-corrected chi connectivity index (χ1v) is 8.18. The first-order chi connectivity index (χ1) is 11.2. The number of halogens is 1. The second-order valence-electron chi connectivity index (χ2n) is 5.81. The molecule has 0 spiro atoms. The van der Waals surface area contributed by atoms with E-state index < -0.39 is 0 Å². The maximum Gasteiger partial charge on any atom is 0.0433 e. The van der Waals surface area contributed by atoms with Gasteiger partial charge in [-0.3, -0.25) is 0 Å². The Morgan fingerprint density at radius 3 is 1.74 bits per heavy atom. The summed E-state index contributed by atoms with van der Waals surface area (Å²) < 4.78 is 0. The number of hydrogen-bond acceptors (Lipinski definition) is 1. The van der Waals surface area contributed by atoms with Gasteiger partial charge in [0, 0.05) is 23.8 Å². The normalized spacial score (nSPS) is 10.5. The summed E-state index contributed by atoms with van der Waals surface area (Å²) in [5.41, 5.74) is 4.92. The highest BCUT2D eigenvalue weighted by Gasteiger charge is 2.10. The second kappa shape index (κ2) is 7.34. The average Bonchev–Trinajstić information content (AvgIpc) is 2.55. The molecular weight excluding hydrogens is 302 g/mol. The van der Waals surface area contributed by atoms with Gasteiger partial charge in [-0.25, -0.2) is 0 Å². The number of hydrogen-bond donors (Lipinski definition) is 0. The van der Waals surface area contributed by atoms with E-state index in [1.807, 2.05) is 12.1 Å². The van der Waals surface area contributed by atoms with Gasteiger partial charge in [-0.1, -0.05) is 72.3 Å². The average molecular weight is 322 g/mol. The van der Waals surface area contributed by atoms with Crippen LogP contribution in [0.25, 0.3) is 0 Å². The molecule has 0 amide bonds. The summed E-state index contributed by atoms with van der Waals surface area (Å²) in [7, 11) is 0. The minimum absolute atomic E-state index is 0.783. The lowest BCUT2D eigenvalue weighted by Gasteiger charge is -2.26. The van der Waals surface area contributed by atoms with Gasteiger partial charge in [-0.2, -0.15) is 0 Å². The summed E-state index contributed by atoms with van der Waals surface area (Å²) in [5.74, 6) is 0. The van der Waals surface area contributed by atoms with Crippen molar-refractivity contribution in [2.45, 2.75) is 20.0 Å². The van der Waals surface area contributed by atoms with E-state index in [-0.39, 0.29) is 0 Å². The topological polar surface area (TPSA) is 3.24 Å². The van der Waals surface area contributed by atoms with E-state index in [1.54, 1.807) is 0 Å². The van der Waals surface area contributed by atoms with Crippen LogP contribution >= 0.6 is 11.6 Å². The highest BCUT2D eigenvalue weighted by molar-refractivity contribution is 6.30. The number of nitrogens with zero attached hydrogens (tertiary/aromatic N) is 1. The van der Waals surface area contributed by atoms with Crippen LogP contribution in [0.4, 0.5) is 5.69 Å². The van der Waals surface area contributed by atoms with Crippen molar-refractivity contribution < 1.29 is 0 Å². The highest BCUT2D eigenvalue weighted by atomic mass is 35.5. The molecule has 0 aliphatic rings. The molecule has 0 aliphatic heterocycles. The first kappa shape index (κ1) is 15.6. The second-order valence-corrected chi connectivity index (χ2v) is 6.25. The zero-order chi connectivity index (χ0) is 16.1. The van der Waals surface area contributed by atoms with Gasteiger partial charge < -0.3 is 4.90 Å². The minimum atomic E-state index is 0.783. The Morgan fingerprint density at radius 2 is 1.26 bits per heavy atom. The van der Waals surface area contributed by atoms with Crippen LogP contribution in [0.15, 0.2) is 78.9 Å². The zero-order valence-electron chi connectivity index (χ0n) is 13.2. The van der Waals surface area contributed by atoms with Gasteiger partial charge in [0.15, 0.2) is 0 Å². The van der Waals surface area contributed by atoms with E-state index >= 15 is 0 Å². The third-order valence-corrected chi connectivity index (χ3v) is 4.04. The largest absolute Gasteiger partial charge is 0.363 e. The van der Waals surface area contributed by atoms with Crippen LogP contribution in [0.5, 0.6) is 0 Å². The minimum Gasteiger partial charge on any atom is -0.363 e. The third kappa shape index (κ3) is 4.37. The van der Waals surface area contributed by atoms with Gasteiger partial charge in [-0.05, 0) is 41.8 Å². The standard InChI is InChI=1S/C21H20ClN/c1-17-12-20(22)14-21(13-17)23(15-18-8-4-2-5-9-18)16-19-10-6-3-7-11-19/h2-14H,15-16H2,1H3. The molecule has 2 heteroatoms. The molecule has 0 bridgehead atoms. The van der Waals surface area contributed by atoms with Crippen molar-refractivity contribution in [2.24, 2.45) is 0 Å². The van der Waals surface area contributed by atoms with Crippen molar-refractivity contribution in [1.29, 1.82) is 0 Å². The van der Waals surface area contributed by atoms with Crippen LogP contribution in [0.1, 0.15) is 16.7 Å². The van der Waals surface area contributed by atoms with Crippen LogP contribution in [0.2, 0.25) is 5.02 Å². The quantitative estimate of drug-likeness (QED) is 0.569. The van der Waals surface area contributed by atoms with Crippen molar-refractivity contribution in [3.8, 4) is 0 Å². The van der Waals surface area contributed by atoms with Crippen molar-refractivity contribution in [3.63, 3.8) is 0 Å². The monoisotopic (exact) mass is 321 g/mol. The molecule has 0 fully saturated rings. The molecule has 0 N–H and O–H groups in total. The van der Waals surface area contributed by atoms with E-state index in [4.69, 9.17) is 11.6 Å². The van der Waals surface area contributed by atoms with E-state index in [0.717, 1.165) is 23.8 Å². The molecule has 0 atom stereocenters. The molecule has 0 unspecified atom stereocenters. The molecule has 23 heavy (non-hydrogen) atoms. The van der Waals surface area contributed by atoms with Crippen molar-refractivity contribution >= 4 is 17.3 Å². The molecule has 3 rings (SSSR count). The van der Waals surface area contributed by atoms with E-state index in [9.17, 15) is 0 Å². The Bertz CT molecular complexity index is 692. The van der Waals surface area contributed by atoms with Crippen LogP contribution in [-0.4, -0.2) is 0 Å². The summed E-state index contributed by atoms with van der Waals surface area (Å²) in [6, 6.07) is 27.3. The van der Waals surface area contributed by atoms with E-state index in [1.165, 1.54) is 16.7 Å². The van der Waals surface area contributed by atoms with Gasteiger partial charge in [-0.15, -0.1) is 0 Å². The third-order valence-electron chi connectivity index (χ3n) is 3.82. The molecule has 0 heterocycles. The lowest BCUT2D eigenvalue weighted by atomic mass is 10.1. The molecule has 0 aliphatic carbocycles. The van der Waals surface area contributed by atoms with Gasteiger partial charge >= 0.3 is 0 Å². The number of benzene rings is 3. The van der Waals surface area contributed by atoms with Crippen LogP contribution in [0.3, 0.4) is 0 Å². The van der Waals surface area contributed by atoms with Gasteiger partial charge in [0.05, 0.1) is 0 Å². The summed E-state index contributed by atoms with van der Waals surface area (Å²) in [4.78, 5) is 2.36. The Morgan fingerprint density at radius 1 is 0.739 bits per heavy atom. The predicted octanol–water partition coefficient (Wildman–Crippen LogP) is 5.86. The Balaban J connectivity index is 1.92. The maximum atomic E-state index is 6.27. The zero-order valence-corrected chi connectivity index (χ0v) is 14.0. The highest BCUT2D eigenvalue weighted by Crippen LogP contribution is 2.25. The fourth-order valence-corrected chi connectivity index (χ4v) is 3.03. The lowest BCUT2D eigenvalue weighted by Crippen LogP contribution is -2.22. The molecule has 3 aromatic rings. The SMILES string of the molecule is Cc1cc(Cl)cc(N(Cc2ccccc2)Cc2ccccc2)c1. The van der Waals surface area contributed by atoms with Gasteiger partial charge in [0.25, 0.3) is 0 Å². The number of rotatable bonds is 5. The van der Waals surface area contributed by atoms with Crippen LogP contribution in [-0.2, 0) is 13.1 Å². The van der Waals surface area contributed by atoms with E-state index in [0.29, 0.717) is 0 Å². The van der Waals surface area contributed by atoms with Crippen molar-refractivity contribution in [2.75, 3.05) is 4.90 Å². The Kier molecular flexibility index (Phi) is 4.99. The molecule has 3 aromatic carbocycles. The fourth-order valence-electron chi connectivity index (χ4n) is 2.75. The van der Waals surface area contributed by atoms with Gasteiger partial charge in [0.1, 0.15) is 0 Å². The smallest absolute Gasteiger partial charge is 0.0433 e. The lowest BCUT2D eigenvalue weighted by molar-refractivity contribution is 0.799. The van der Waals surface area contributed by atoms with Crippen molar-refractivity contribution in [1.82, 2.24) is 0 Å². The molecule has 0 aromatic heterocycles. The predicted molar refractivity (Wildman–Crippen MR) is 99.0 cm³/mol. The molecule has 116 valence electrons. The molecular formula is C21H20ClN. The van der Waals surface area contributed by atoms with Gasteiger partial charge in [0.2, 0.25) is 0 Å². The summed E-state index contributed by atoms with van der Waals surface area (Å²) in [5, 5.41) is 0.783.